The van der Waals surface area contributed by atoms with Gasteiger partial charge in [0, 0.05) is 66.4 Å². The molecule has 0 saturated heterocycles. The summed E-state index contributed by atoms with van der Waals surface area (Å²) in [5.41, 5.74) is 13.9. The molecule has 2 aromatic heterocycles. The van der Waals surface area contributed by atoms with E-state index in [1.807, 2.05) is 12.1 Å². The highest BCUT2D eigenvalue weighted by Gasteiger charge is 2.25. The molecule has 0 spiro atoms. The van der Waals surface area contributed by atoms with Gasteiger partial charge >= 0.3 is 0 Å². The van der Waals surface area contributed by atoms with Gasteiger partial charge in [-0.3, -0.25) is 0 Å². The van der Waals surface area contributed by atoms with Crippen molar-refractivity contribution in [1.82, 2.24) is 9.13 Å². The van der Waals surface area contributed by atoms with E-state index in [-0.39, 0.29) is 7.43 Å². The van der Waals surface area contributed by atoms with Crippen LogP contribution in [-0.4, -0.2) is 9.13 Å². The molecule has 0 amide bonds. The average molecular weight is 882 g/mol. The lowest BCUT2D eigenvalue weighted by Crippen LogP contribution is -2.13. The monoisotopic (exact) mass is 881 g/mol. The van der Waals surface area contributed by atoms with Gasteiger partial charge in [0.25, 0.3) is 0 Å². The summed E-state index contributed by atoms with van der Waals surface area (Å²) in [6.07, 6.45) is 0. The predicted molar refractivity (Wildman–Crippen MR) is 291 cm³/mol. The molecule has 69 heavy (non-hydrogen) atoms. The summed E-state index contributed by atoms with van der Waals surface area (Å²) in [6, 6.07) is 87.4. The van der Waals surface area contributed by atoms with Crippen LogP contribution >= 0.6 is 0 Å². The van der Waals surface area contributed by atoms with E-state index in [4.69, 9.17) is 0 Å². The van der Waals surface area contributed by atoms with E-state index < -0.39 is 0 Å². The number of hydrogen-bond donors (Lipinski definition) is 0. The number of para-hydroxylation sites is 2. The summed E-state index contributed by atoms with van der Waals surface area (Å²) in [6.45, 7) is 0. The van der Waals surface area contributed by atoms with E-state index in [0.717, 1.165) is 56.4 Å². The van der Waals surface area contributed by atoms with Crippen molar-refractivity contribution in [3.8, 4) is 17.4 Å². The number of anilines is 6. The Labute approximate surface area is 399 Å². The van der Waals surface area contributed by atoms with Crippen LogP contribution < -0.4 is 9.80 Å². The van der Waals surface area contributed by atoms with Crippen molar-refractivity contribution in [2.24, 2.45) is 0 Å². The summed E-state index contributed by atoms with van der Waals surface area (Å²) in [5, 5.41) is 22.0. The molecule has 0 N–H and O–H groups in total. The van der Waals surface area contributed by atoms with E-state index in [1.54, 1.807) is 0 Å². The van der Waals surface area contributed by atoms with Crippen molar-refractivity contribution in [3.63, 3.8) is 0 Å². The first-order valence-electron chi connectivity index (χ1n) is 23.1. The quantitative estimate of drug-likeness (QED) is 0.143. The highest BCUT2D eigenvalue weighted by molar-refractivity contribution is 6.28. The predicted octanol–water partition coefficient (Wildman–Crippen LogP) is 17.7. The zero-order chi connectivity index (χ0) is 44.9. The maximum absolute atomic E-state index is 9.85. The highest BCUT2D eigenvalue weighted by atomic mass is 15.2. The first kappa shape index (κ1) is 39.9. The van der Waals surface area contributed by atoms with E-state index >= 15 is 0 Å². The fraction of sp³-hybridized carbons (Fsp3) is 0.0156. The third kappa shape index (κ3) is 6.03. The lowest BCUT2D eigenvalue weighted by molar-refractivity contribution is 1.18. The summed E-state index contributed by atoms with van der Waals surface area (Å²) in [4.78, 5) is 4.75. The van der Waals surface area contributed by atoms with Crippen LogP contribution in [0.1, 0.15) is 13.0 Å². The summed E-state index contributed by atoms with van der Waals surface area (Å²) < 4.78 is 4.79. The Morgan fingerprint density at radius 1 is 0.319 bits per heavy atom. The molecule has 14 rings (SSSR count). The van der Waals surface area contributed by atoms with Gasteiger partial charge in [0.15, 0.2) is 0 Å². The van der Waals surface area contributed by atoms with Crippen LogP contribution in [0.25, 0.3) is 87.3 Å². The third-order valence-corrected chi connectivity index (χ3v) is 14.0. The van der Waals surface area contributed by atoms with Gasteiger partial charge in [0.05, 0.1) is 45.1 Å². The molecule has 0 saturated carbocycles. The van der Waals surface area contributed by atoms with E-state index in [0.29, 0.717) is 5.56 Å². The molecule has 0 atom stereocenters. The van der Waals surface area contributed by atoms with Crippen LogP contribution in [0, 0.1) is 11.3 Å². The second kappa shape index (κ2) is 15.6. The van der Waals surface area contributed by atoms with Crippen LogP contribution in [0.2, 0.25) is 0 Å². The fourth-order valence-corrected chi connectivity index (χ4v) is 11.1. The minimum absolute atomic E-state index is 0. The van der Waals surface area contributed by atoms with E-state index in [1.165, 1.54) is 65.0 Å². The minimum atomic E-state index is 0. The van der Waals surface area contributed by atoms with Gasteiger partial charge in [-0.25, -0.2) is 0 Å². The summed E-state index contributed by atoms with van der Waals surface area (Å²) in [5.74, 6) is 0. The molecule has 0 aliphatic carbocycles. The van der Waals surface area contributed by atoms with Crippen molar-refractivity contribution in [1.29, 1.82) is 5.26 Å². The Morgan fingerprint density at radius 2 is 0.725 bits per heavy atom. The van der Waals surface area contributed by atoms with Crippen LogP contribution in [0.5, 0.6) is 0 Å². The lowest BCUT2D eigenvalue weighted by Gasteiger charge is -2.30. The topological polar surface area (TPSA) is 40.1 Å². The highest BCUT2D eigenvalue weighted by Crippen LogP contribution is 2.49. The number of hydrogen-bond acceptors (Lipinski definition) is 3. The van der Waals surface area contributed by atoms with Gasteiger partial charge in [0.1, 0.15) is 0 Å². The van der Waals surface area contributed by atoms with Gasteiger partial charge in [0.2, 0.25) is 0 Å². The molecule has 5 nitrogen and oxygen atoms in total. The van der Waals surface area contributed by atoms with Crippen LogP contribution in [0.3, 0.4) is 0 Å². The molecular formula is C64H43N5. The molecule has 0 radical (unpaired) electrons. The van der Waals surface area contributed by atoms with Crippen molar-refractivity contribution < 1.29 is 0 Å². The Bertz CT molecular complexity index is 4260. The maximum atomic E-state index is 9.85. The number of rotatable bonds is 8. The van der Waals surface area contributed by atoms with Crippen LogP contribution in [-0.2, 0) is 0 Å². The molecular weight excluding hydrogens is 839 g/mol. The smallest absolute Gasteiger partial charge is 0.0991 e. The van der Waals surface area contributed by atoms with Crippen molar-refractivity contribution >= 4 is 110 Å². The Balaban J connectivity index is 0.00000469. The first-order valence-corrected chi connectivity index (χ1v) is 23.1. The van der Waals surface area contributed by atoms with Crippen molar-refractivity contribution in [2.45, 2.75) is 7.43 Å². The molecule has 14 aromatic rings. The Kier molecular flexibility index (Phi) is 9.05. The molecule has 0 unspecified atom stereocenters. The lowest BCUT2D eigenvalue weighted by atomic mass is 9.99. The van der Waals surface area contributed by atoms with E-state index in [9.17, 15) is 5.26 Å². The van der Waals surface area contributed by atoms with Crippen LogP contribution in [0.15, 0.2) is 237 Å². The molecule has 0 aliphatic heterocycles. The summed E-state index contributed by atoms with van der Waals surface area (Å²) in [7, 11) is 0. The molecule has 5 heteroatoms. The second-order valence-corrected chi connectivity index (χ2v) is 17.7. The number of aromatic nitrogens is 2. The SMILES string of the molecule is C.N#Cc1ccc(N(c2ccc(N(c3ccc4ccccc4c3)c3ccc4c5c3ccc3cccc(c35)n4-c3ccccc3)cc2)c2ccc3c4c2ccc2cccc(c24)n3-c2ccccc2)cc1. The van der Waals surface area contributed by atoms with Gasteiger partial charge in [-0.15, -0.1) is 0 Å². The van der Waals surface area contributed by atoms with Gasteiger partial charge in [-0.1, -0.05) is 123 Å². The standard InChI is InChI=1S/C63H39N5.CH4/c64-40-41-21-26-48(27-22-41)65(54-35-37-58-62-52(54)33-24-43-13-9-19-56(60(43)62)67(58)46-15-3-1-4-16-46)49-29-31-50(32-30-49)66(51-28-23-42-11-7-8-12-45(42)39-51)55-36-38-59-63-53(55)34-25-44-14-10-20-57(61(44)63)68(59)47-17-5-2-6-18-47;/h1-39H;1H4. The van der Waals surface area contributed by atoms with Crippen LogP contribution in [0.4, 0.5) is 34.1 Å². The van der Waals surface area contributed by atoms with E-state index in [2.05, 4.69) is 249 Å². The number of fused-ring (bicyclic) bond motifs is 1. The zero-order valence-electron chi connectivity index (χ0n) is 36.8. The zero-order valence-corrected chi connectivity index (χ0v) is 36.8. The molecule has 12 aromatic carbocycles. The molecule has 2 heterocycles. The van der Waals surface area contributed by atoms with Crippen molar-refractivity contribution in [3.05, 3.63) is 242 Å². The van der Waals surface area contributed by atoms with Gasteiger partial charge in [-0.2, -0.15) is 5.26 Å². The second-order valence-electron chi connectivity index (χ2n) is 17.7. The van der Waals surface area contributed by atoms with Gasteiger partial charge in [-0.05, 0) is 143 Å². The average Bonchev–Trinajstić information content (AvgIpc) is 3.94. The minimum Gasteiger partial charge on any atom is -0.310 e. The molecule has 0 bridgehead atoms. The molecule has 0 fully saturated rings. The largest absolute Gasteiger partial charge is 0.310 e. The van der Waals surface area contributed by atoms with Crippen molar-refractivity contribution in [2.75, 3.05) is 9.80 Å². The first-order chi connectivity index (χ1) is 33.7. The Morgan fingerprint density at radius 3 is 1.23 bits per heavy atom. The number of nitriles is 1. The number of benzene rings is 12. The third-order valence-electron chi connectivity index (χ3n) is 14.0. The maximum Gasteiger partial charge on any atom is 0.0991 e. The number of nitrogens with zero attached hydrogens (tertiary/aromatic N) is 5. The van der Waals surface area contributed by atoms with Gasteiger partial charge < -0.3 is 18.9 Å². The Hall–Kier alpha value is -9.37. The summed E-state index contributed by atoms with van der Waals surface area (Å²) >= 11 is 0. The molecule has 324 valence electrons. The molecule has 0 aliphatic rings. The fourth-order valence-electron chi connectivity index (χ4n) is 11.1. The normalized spacial score (nSPS) is 11.6.